The molecule has 5 heteroatoms. The number of aromatic nitrogens is 1. The van der Waals surface area contributed by atoms with E-state index in [4.69, 9.17) is 5.11 Å². The molecule has 2 rings (SSSR count). The first kappa shape index (κ1) is 13.0. The number of aliphatic carboxylic acids is 1. The standard InChI is InChI=1S/C14H14N2O3/c1-9-6-11(13(15-8-17)7-14(18)19)10-4-2-3-5-12(10)16-9/h2-6,8,13H,7H2,1H3,(H,15,17)(H,18,19)/t13-/m0/s1. The van der Waals surface area contributed by atoms with Crippen molar-refractivity contribution in [3.05, 3.63) is 41.6 Å². The van der Waals surface area contributed by atoms with Crippen molar-refractivity contribution in [2.24, 2.45) is 0 Å². The Morgan fingerprint density at radius 1 is 1.47 bits per heavy atom. The van der Waals surface area contributed by atoms with Crippen LogP contribution in [0.25, 0.3) is 10.9 Å². The number of hydrogen-bond donors (Lipinski definition) is 2. The maximum absolute atomic E-state index is 10.9. The van der Waals surface area contributed by atoms with Gasteiger partial charge in [-0.05, 0) is 24.6 Å². The summed E-state index contributed by atoms with van der Waals surface area (Å²) in [7, 11) is 0. The number of carbonyl (C=O) groups is 2. The molecule has 1 amide bonds. The smallest absolute Gasteiger partial charge is 0.305 e. The lowest BCUT2D eigenvalue weighted by Crippen LogP contribution is -2.23. The fraction of sp³-hybridized carbons (Fsp3) is 0.214. The molecule has 2 N–H and O–H groups in total. The van der Waals surface area contributed by atoms with Crippen LogP contribution in [0.15, 0.2) is 30.3 Å². The van der Waals surface area contributed by atoms with E-state index in [9.17, 15) is 9.59 Å². The van der Waals surface area contributed by atoms with Crippen LogP contribution in [0.4, 0.5) is 0 Å². The Kier molecular flexibility index (Phi) is 3.75. The molecule has 98 valence electrons. The molecule has 2 aromatic rings. The summed E-state index contributed by atoms with van der Waals surface area (Å²) in [6.45, 7) is 1.84. The molecule has 0 unspecified atom stereocenters. The van der Waals surface area contributed by atoms with Gasteiger partial charge in [0.05, 0.1) is 18.0 Å². The average Bonchev–Trinajstić information content (AvgIpc) is 2.36. The van der Waals surface area contributed by atoms with Gasteiger partial charge in [-0.15, -0.1) is 0 Å². The average molecular weight is 258 g/mol. The van der Waals surface area contributed by atoms with E-state index in [2.05, 4.69) is 10.3 Å². The molecular weight excluding hydrogens is 244 g/mol. The number of fused-ring (bicyclic) bond motifs is 1. The molecule has 1 aromatic carbocycles. The van der Waals surface area contributed by atoms with Crippen LogP contribution in [-0.4, -0.2) is 22.5 Å². The van der Waals surface area contributed by atoms with Gasteiger partial charge >= 0.3 is 5.97 Å². The minimum absolute atomic E-state index is 0.161. The number of rotatable bonds is 5. The number of pyridine rings is 1. The van der Waals surface area contributed by atoms with Gasteiger partial charge in [0.25, 0.3) is 0 Å². The maximum atomic E-state index is 10.9. The first-order chi connectivity index (χ1) is 9.11. The van der Waals surface area contributed by atoms with E-state index >= 15 is 0 Å². The van der Waals surface area contributed by atoms with Crippen LogP contribution in [0, 0.1) is 6.92 Å². The first-order valence-corrected chi connectivity index (χ1v) is 5.89. The van der Waals surface area contributed by atoms with Crippen LogP contribution in [0.1, 0.15) is 23.7 Å². The predicted molar refractivity (Wildman–Crippen MR) is 70.7 cm³/mol. The monoisotopic (exact) mass is 258 g/mol. The third kappa shape index (κ3) is 2.88. The van der Waals surface area contributed by atoms with E-state index in [1.54, 1.807) is 0 Å². The van der Waals surface area contributed by atoms with Gasteiger partial charge in [0, 0.05) is 11.1 Å². The molecule has 0 saturated heterocycles. The molecule has 1 heterocycles. The molecule has 19 heavy (non-hydrogen) atoms. The van der Waals surface area contributed by atoms with Gasteiger partial charge in [0.2, 0.25) is 6.41 Å². The molecule has 0 fully saturated rings. The number of carboxylic acid groups (broad SMARTS) is 1. The van der Waals surface area contributed by atoms with Gasteiger partial charge in [-0.25, -0.2) is 0 Å². The van der Waals surface area contributed by atoms with E-state index in [1.807, 2.05) is 37.3 Å². The fourth-order valence-electron chi connectivity index (χ4n) is 2.14. The lowest BCUT2D eigenvalue weighted by molar-refractivity contribution is -0.137. The Balaban J connectivity index is 2.57. The molecule has 1 atom stereocenters. The van der Waals surface area contributed by atoms with Gasteiger partial charge < -0.3 is 10.4 Å². The quantitative estimate of drug-likeness (QED) is 0.801. The maximum Gasteiger partial charge on any atom is 0.305 e. The van der Waals surface area contributed by atoms with Crippen molar-refractivity contribution in [3.63, 3.8) is 0 Å². The van der Waals surface area contributed by atoms with Crippen molar-refractivity contribution in [1.82, 2.24) is 10.3 Å². The molecule has 5 nitrogen and oxygen atoms in total. The number of nitrogens with zero attached hydrogens (tertiary/aromatic N) is 1. The summed E-state index contributed by atoms with van der Waals surface area (Å²) >= 11 is 0. The summed E-state index contributed by atoms with van der Waals surface area (Å²) in [5, 5.41) is 12.4. The summed E-state index contributed by atoms with van der Waals surface area (Å²) in [5.41, 5.74) is 2.36. The van der Waals surface area contributed by atoms with Crippen LogP contribution < -0.4 is 5.32 Å². The highest BCUT2D eigenvalue weighted by Gasteiger charge is 2.18. The van der Waals surface area contributed by atoms with Crippen LogP contribution >= 0.6 is 0 Å². The minimum atomic E-state index is -0.960. The molecule has 1 aromatic heterocycles. The summed E-state index contributed by atoms with van der Waals surface area (Å²) in [6, 6.07) is 8.73. The van der Waals surface area contributed by atoms with Gasteiger partial charge in [0.1, 0.15) is 0 Å². The molecule has 0 bridgehead atoms. The van der Waals surface area contributed by atoms with Crippen molar-refractivity contribution in [2.75, 3.05) is 0 Å². The van der Waals surface area contributed by atoms with Crippen molar-refractivity contribution >= 4 is 23.3 Å². The second-order valence-electron chi connectivity index (χ2n) is 4.30. The van der Waals surface area contributed by atoms with Crippen molar-refractivity contribution in [3.8, 4) is 0 Å². The number of hydrogen-bond acceptors (Lipinski definition) is 3. The number of carboxylic acids is 1. The van der Waals surface area contributed by atoms with Crippen molar-refractivity contribution in [1.29, 1.82) is 0 Å². The molecule has 0 radical (unpaired) electrons. The summed E-state index contributed by atoms with van der Waals surface area (Å²) in [5.74, 6) is -0.960. The molecular formula is C14H14N2O3. The van der Waals surface area contributed by atoms with Crippen molar-refractivity contribution < 1.29 is 14.7 Å². The van der Waals surface area contributed by atoms with Gasteiger partial charge in [-0.2, -0.15) is 0 Å². The SMILES string of the molecule is Cc1cc([C@H](CC(=O)O)NC=O)c2ccccc2n1. The Morgan fingerprint density at radius 3 is 2.89 bits per heavy atom. The zero-order chi connectivity index (χ0) is 13.8. The zero-order valence-corrected chi connectivity index (χ0v) is 10.5. The van der Waals surface area contributed by atoms with Crippen LogP contribution in [0.2, 0.25) is 0 Å². The predicted octanol–water partition coefficient (Wildman–Crippen LogP) is 1.81. The summed E-state index contributed by atoms with van der Waals surface area (Å²) in [4.78, 5) is 26.0. The molecule has 0 aliphatic carbocycles. The molecule has 0 aliphatic rings. The number of benzene rings is 1. The Hall–Kier alpha value is -2.43. The lowest BCUT2D eigenvalue weighted by Gasteiger charge is -2.17. The van der Waals surface area contributed by atoms with Crippen molar-refractivity contribution in [2.45, 2.75) is 19.4 Å². The second kappa shape index (κ2) is 5.48. The highest BCUT2D eigenvalue weighted by molar-refractivity contribution is 5.84. The fourth-order valence-corrected chi connectivity index (χ4v) is 2.14. The molecule has 0 spiro atoms. The van der Waals surface area contributed by atoms with Crippen LogP contribution in [-0.2, 0) is 9.59 Å². The second-order valence-corrected chi connectivity index (χ2v) is 4.30. The minimum Gasteiger partial charge on any atom is -0.481 e. The number of aryl methyl sites for hydroxylation is 1. The van der Waals surface area contributed by atoms with Gasteiger partial charge in [-0.1, -0.05) is 18.2 Å². The summed E-state index contributed by atoms with van der Waals surface area (Å²) < 4.78 is 0. The molecule has 0 saturated carbocycles. The first-order valence-electron chi connectivity index (χ1n) is 5.89. The zero-order valence-electron chi connectivity index (χ0n) is 10.5. The Morgan fingerprint density at radius 2 is 2.21 bits per heavy atom. The van der Waals surface area contributed by atoms with E-state index < -0.39 is 12.0 Å². The molecule has 0 aliphatic heterocycles. The van der Waals surface area contributed by atoms with Crippen LogP contribution in [0.3, 0.4) is 0 Å². The Labute approximate surface area is 110 Å². The van der Waals surface area contributed by atoms with Gasteiger partial charge in [0.15, 0.2) is 0 Å². The number of nitrogens with one attached hydrogen (secondary N) is 1. The van der Waals surface area contributed by atoms with E-state index in [1.165, 1.54) is 0 Å². The summed E-state index contributed by atoms with van der Waals surface area (Å²) in [6.07, 6.45) is 0.365. The highest BCUT2D eigenvalue weighted by atomic mass is 16.4. The topological polar surface area (TPSA) is 79.3 Å². The van der Waals surface area contributed by atoms with E-state index in [-0.39, 0.29) is 6.42 Å². The largest absolute Gasteiger partial charge is 0.481 e. The number of carbonyl (C=O) groups excluding carboxylic acids is 1. The Bertz CT molecular complexity index is 625. The van der Waals surface area contributed by atoms with E-state index in [0.717, 1.165) is 22.2 Å². The normalized spacial score (nSPS) is 12.1. The third-order valence-electron chi connectivity index (χ3n) is 2.90. The highest BCUT2D eigenvalue weighted by Crippen LogP contribution is 2.26. The van der Waals surface area contributed by atoms with Crippen LogP contribution in [0.5, 0.6) is 0 Å². The number of para-hydroxylation sites is 1. The van der Waals surface area contributed by atoms with Gasteiger partial charge in [-0.3, -0.25) is 14.6 Å². The number of amides is 1. The van der Waals surface area contributed by atoms with E-state index in [0.29, 0.717) is 6.41 Å². The third-order valence-corrected chi connectivity index (χ3v) is 2.90. The lowest BCUT2D eigenvalue weighted by atomic mass is 9.98.